The molecule has 1 amide bonds. The average Bonchev–Trinajstić information content (AvgIpc) is 3.13. The summed E-state index contributed by atoms with van der Waals surface area (Å²) >= 11 is 0. The number of ether oxygens (including phenoxy) is 1. The van der Waals surface area contributed by atoms with Gasteiger partial charge in [-0.2, -0.15) is 0 Å². The van der Waals surface area contributed by atoms with Crippen LogP contribution in [0.3, 0.4) is 0 Å². The maximum Gasteiger partial charge on any atom is 0.410 e. The molecule has 5 heteroatoms. The molecule has 2 saturated heterocycles. The van der Waals surface area contributed by atoms with E-state index in [2.05, 4.69) is 34.6 Å². The lowest BCUT2D eigenvalue weighted by atomic mass is 9.96. The summed E-state index contributed by atoms with van der Waals surface area (Å²) in [7, 11) is 0. The highest BCUT2D eigenvalue weighted by atomic mass is 16.6. The van der Waals surface area contributed by atoms with E-state index in [0.29, 0.717) is 12.5 Å². The van der Waals surface area contributed by atoms with Crippen molar-refractivity contribution in [1.29, 1.82) is 0 Å². The zero-order valence-corrected chi connectivity index (χ0v) is 18.8. The quantitative estimate of drug-likeness (QED) is 0.606. The summed E-state index contributed by atoms with van der Waals surface area (Å²) in [5.74, 6) is 0.568. The summed E-state index contributed by atoms with van der Waals surface area (Å²) in [4.78, 5) is 19.9. The number of fused-ring (bicyclic) bond motifs is 5. The van der Waals surface area contributed by atoms with E-state index >= 15 is 0 Å². The molecule has 0 radical (unpaired) electrons. The van der Waals surface area contributed by atoms with Gasteiger partial charge in [-0.05, 0) is 54.0 Å². The normalized spacial score (nSPS) is 22.5. The van der Waals surface area contributed by atoms with Crippen molar-refractivity contribution in [1.82, 2.24) is 9.80 Å². The van der Waals surface area contributed by atoms with Gasteiger partial charge in [0.2, 0.25) is 0 Å². The van der Waals surface area contributed by atoms with Crippen molar-refractivity contribution in [3.05, 3.63) is 77.9 Å². The molecule has 2 atom stereocenters. The molecule has 32 heavy (non-hydrogen) atoms. The Labute approximate surface area is 191 Å². The predicted octanol–water partition coefficient (Wildman–Crippen LogP) is 4.96. The topological polar surface area (TPSA) is 36.0 Å². The molecule has 0 N–H and O–H groups in total. The Morgan fingerprint density at radius 3 is 2.62 bits per heavy atom. The molecule has 2 aromatic rings. The second-order valence-electron chi connectivity index (χ2n) is 9.19. The van der Waals surface area contributed by atoms with Crippen LogP contribution in [-0.2, 0) is 11.3 Å². The minimum atomic E-state index is -0.189. The van der Waals surface area contributed by atoms with Gasteiger partial charge in [0.1, 0.15) is 6.61 Å². The van der Waals surface area contributed by atoms with Crippen LogP contribution in [0.1, 0.15) is 47.9 Å². The maximum atomic E-state index is 13.0. The summed E-state index contributed by atoms with van der Waals surface area (Å²) in [5.41, 5.74) is 5.08. The summed E-state index contributed by atoms with van der Waals surface area (Å²) in [6.07, 6.45) is 4.91. The van der Waals surface area contributed by atoms with Crippen LogP contribution < -0.4 is 4.90 Å². The van der Waals surface area contributed by atoms with Crippen LogP contribution in [0.25, 0.3) is 0 Å². The Bertz CT molecular complexity index is 953. The van der Waals surface area contributed by atoms with Gasteiger partial charge in [0.15, 0.2) is 0 Å². The molecule has 2 fully saturated rings. The molecule has 2 bridgehead atoms. The molecule has 2 aliphatic heterocycles. The molecule has 0 saturated carbocycles. The van der Waals surface area contributed by atoms with Crippen molar-refractivity contribution in [2.24, 2.45) is 0 Å². The van der Waals surface area contributed by atoms with Crippen LogP contribution in [0.2, 0.25) is 0 Å². The second-order valence-corrected chi connectivity index (χ2v) is 9.19. The van der Waals surface area contributed by atoms with Crippen LogP contribution >= 0.6 is 0 Å². The largest absolute Gasteiger partial charge is 0.445 e. The highest BCUT2D eigenvalue weighted by Gasteiger charge is 2.41. The van der Waals surface area contributed by atoms with Gasteiger partial charge in [-0.1, -0.05) is 42.5 Å². The number of amides is 1. The SMILES string of the molecule is C=CCCN1CCN(c2ccc3c(c2)[C@H]2C[C@H]3CCN2C(=O)OCc2ccccc2)CC1. The fraction of sp³-hybridized carbons (Fsp3) is 0.444. The van der Waals surface area contributed by atoms with Gasteiger partial charge in [0, 0.05) is 45.0 Å². The van der Waals surface area contributed by atoms with Crippen molar-refractivity contribution >= 4 is 11.8 Å². The molecule has 5 rings (SSSR count). The standard InChI is InChI=1S/C27H33N3O2/c1-2-3-12-28-14-16-29(17-15-28)23-9-10-24-22-11-13-30(26(18-22)25(24)19-23)27(31)32-20-21-7-5-4-6-8-21/h2,4-10,19,22,26H,1,3,11-18,20H2/t22-,26-/m1/s1. The minimum Gasteiger partial charge on any atom is -0.445 e. The lowest BCUT2D eigenvalue weighted by molar-refractivity contribution is 0.0694. The first-order valence-corrected chi connectivity index (χ1v) is 11.9. The van der Waals surface area contributed by atoms with E-state index < -0.39 is 0 Å². The van der Waals surface area contributed by atoms with E-state index in [4.69, 9.17) is 4.74 Å². The number of likely N-dealkylation sites (tertiary alicyclic amines) is 1. The van der Waals surface area contributed by atoms with Crippen LogP contribution in [0.5, 0.6) is 0 Å². The van der Waals surface area contributed by atoms with Crippen molar-refractivity contribution in [3.8, 4) is 0 Å². The number of nitrogens with zero attached hydrogens (tertiary/aromatic N) is 3. The highest BCUT2D eigenvalue weighted by Crippen LogP contribution is 2.50. The summed E-state index contributed by atoms with van der Waals surface area (Å²) < 4.78 is 5.69. The summed E-state index contributed by atoms with van der Waals surface area (Å²) in [6, 6.07) is 17.0. The molecule has 2 heterocycles. The molecule has 168 valence electrons. The molecule has 3 aliphatic rings. The number of piperidine rings is 1. The molecule has 0 unspecified atom stereocenters. The van der Waals surface area contributed by atoms with E-state index in [9.17, 15) is 4.79 Å². The average molecular weight is 432 g/mol. The number of rotatable bonds is 6. The maximum absolute atomic E-state index is 13.0. The number of hydrogen-bond acceptors (Lipinski definition) is 4. The third kappa shape index (κ3) is 4.26. The molecule has 0 spiro atoms. The Balaban J connectivity index is 1.26. The van der Waals surface area contributed by atoms with Gasteiger partial charge in [-0.3, -0.25) is 4.90 Å². The van der Waals surface area contributed by atoms with Gasteiger partial charge in [0.25, 0.3) is 0 Å². The van der Waals surface area contributed by atoms with Gasteiger partial charge in [-0.25, -0.2) is 4.79 Å². The van der Waals surface area contributed by atoms with Gasteiger partial charge in [0.05, 0.1) is 6.04 Å². The first-order valence-electron chi connectivity index (χ1n) is 11.9. The van der Waals surface area contributed by atoms with E-state index in [1.165, 1.54) is 16.8 Å². The Morgan fingerprint density at radius 1 is 1.03 bits per heavy atom. The Morgan fingerprint density at radius 2 is 1.84 bits per heavy atom. The van der Waals surface area contributed by atoms with Crippen molar-refractivity contribution in [2.45, 2.75) is 37.8 Å². The van der Waals surface area contributed by atoms with Crippen LogP contribution in [0, 0.1) is 0 Å². The van der Waals surface area contributed by atoms with E-state index in [0.717, 1.165) is 64.1 Å². The Hall–Kier alpha value is -2.79. The number of piperazine rings is 1. The van der Waals surface area contributed by atoms with Crippen LogP contribution in [0.4, 0.5) is 10.5 Å². The van der Waals surface area contributed by atoms with Crippen LogP contribution in [-0.4, -0.2) is 55.2 Å². The predicted molar refractivity (Wildman–Crippen MR) is 128 cm³/mol. The smallest absolute Gasteiger partial charge is 0.410 e. The van der Waals surface area contributed by atoms with Gasteiger partial charge < -0.3 is 14.5 Å². The molecular formula is C27H33N3O2. The lowest BCUT2D eigenvalue weighted by Crippen LogP contribution is -2.46. The summed E-state index contributed by atoms with van der Waals surface area (Å²) in [5, 5.41) is 0. The monoisotopic (exact) mass is 431 g/mol. The number of carbonyl (C=O) groups is 1. The zero-order chi connectivity index (χ0) is 21.9. The van der Waals surface area contributed by atoms with Crippen molar-refractivity contribution < 1.29 is 9.53 Å². The molecule has 1 aliphatic carbocycles. The molecule has 0 aromatic heterocycles. The molecular weight excluding hydrogens is 398 g/mol. The second kappa shape index (κ2) is 9.37. The molecule has 5 nitrogen and oxygen atoms in total. The number of carbonyl (C=O) groups excluding carboxylic acids is 1. The van der Waals surface area contributed by atoms with E-state index in [1.54, 1.807) is 0 Å². The highest BCUT2D eigenvalue weighted by molar-refractivity contribution is 5.70. The van der Waals surface area contributed by atoms with Crippen molar-refractivity contribution in [3.63, 3.8) is 0 Å². The van der Waals surface area contributed by atoms with Crippen molar-refractivity contribution in [2.75, 3.05) is 44.2 Å². The first-order chi connectivity index (χ1) is 15.7. The number of benzene rings is 2. The molecule has 2 aromatic carbocycles. The van der Waals surface area contributed by atoms with Gasteiger partial charge >= 0.3 is 6.09 Å². The third-order valence-electron chi connectivity index (χ3n) is 7.30. The van der Waals surface area contributed by atoms with E-state index in [1.807, 2.05) is 41.3 Å². The minimum absolute atomic E-state index is 0.140. The number of anilines is 1. The lowest BCUT2D eigenvalue weighted by Gasteiger charge is -2.36. The fourth-order valence-corrected chi connectivity index (χ4v) is 5.49. The third-order valence-corrected chi connectivity index (χ3v) is 7.30. The fourth-order valence-electron chi connectivity index (χ4n) is 5.49. The number of hydrogen-bond donors (Lipinski definition) is 0. The summed E-state index contributed by atoms with van der Waals surface area (Å²) in [6.45, 7) is 10.3. The van der Waals surface area contributed by atoms with Crippen LogP contribution in [0.15, 0.2) is 61.2 Å². The first kappa shape index (κ1) is 21.1. The van der Waals surface area contributed by atoms with E-state index in [-0.39, 0.29) is 12.1 Å². The Kier molecular flexibility index (Phi) is 6.17. The zero-order valence-electron chi connectivity index (χ0n) is 18.8. The van der Waals surface area contributed by atoms with Gasteiger partial charge in [-0.15, -0.1) is 6.58 Å².